The molecule has 130 valence electrons. The Labute approximate surface area is 141 Å². The Hall–Kier alpha value is -1.79. The van der Waals surface area contributed by atoms with E-state index in [1.165, 1.54) is 12.1 Å². The summed E-state index contributed by atoms with van der Waals surface area (Å²) in [5.41, 5.74) is 0.988. The third-order valence-corrected chi connectivity index (χ3v) is 4.48. The molecule has 0 saturated carbocycles. The van der Waals surface area contributed by atoms with Crippen molar-refractivity contribution in [3.05, 3.63) is 47.4 Å². The van der Waals surface area contributed by atoms with Crippen molar-refractivity contribution in [2.45, 2.75) is 45.3 Å². The Balaban J connectivity index is 1.65. The fourth-order valence-electron chi connectivity index (χ4n) is 2.93. The molecule has 0 aliphatic carbocycles. The highest BCUT2D eigenvalue weighted by atomic mass is 19.1. The van der Waals surface area contributed by atoms with Crippen molar-refractivity contribution in [3.63, 3.8) is 0 Å². The molecule has 2 aromatic rings. The van der Waals surface area contributed by atoms with E-state index in [-0.39, 0.29) is 18.0 Å². The van der Waals surface area contributed by atoms with Gasteiger partial charge in [-0.15, -0.1) is 0 Å². The number of aromatic nitrogens is 2. The maximum Gasteiger partial charge on any atom is 0.243 e. The molecule has 0 unspecified atom stereocenters. The molecule has 1 aliphatic heterocycles. The van der Waals surface area contributed by atoms with Crippen LogP contribution in [0.4, 0.5) is 4.39 Å². The van der Waals surface area contributed by atoms with Crippen molar-refractivity contribution in [3.8, 4) is 0 Å². The summed E-state index contributed by atoms with van der Waals surface area (Å²) in [6, 6.07) is 6.55. The summed E-state index contributed by atoms with van der Waals surface area (Å²) < 4.78 is 24.4. The van der Waals surface area contributed by atoms with Crippen molar-refractivity contribution in [1.82, 2.24) is 15.0 Å². The van der Waals surface area contributed by atoms with Crippen molar-refractivity contribution < 1.29 is 13.7 Å². The zero-order valence-electron chi connectivity index (χ0n) is 14.2. The van der Waals surface area contributed by atoms with Crippen LogP contribution >= 0.6 is 0 Å². The van der Waals surface area contributed by atoms with Crippen molar-refractivity contribution >= 4 is 0 Å². The highest BCUT2D eigenvalue weighted by molar-refractivity contribution is 5.19. The van der Waals surface area contributed by atoms with E-state index in [0.29, 0.717) is 12.5 Å². The third kappa shape index (κ3) is 3.99. The van der Waals surface area contributed by atoms with E-state index in [1.54, 1.807) is 12.1 Å². The van der Waals surface area contributed by atoms with Gasteiger partial charge in [-0.1, -0.05) is 30.6 Å². The molecule has 0 spiro atoms. The first-order chi connectivity index (χ1) is 11.7. The first-order valence-electron chi connectivity index (χ1n) is 8.61. The van der Waals surface area contributed by atoms with Gasteiger partial charge < -0.3 is 9.26 Å². The second-order valence-electron chi connectivity index (χ2n) is 6.23. The molecule has 24 heavy (non-hydrogen) atoms. The number of aryl methyl sites for hydroxylation is 1. The number of benzene rings is 1. The number of ether oxygens (including phenoxy) is 1. The fourth-order valence-corrected chi connectivity index (χ4v) is 2.93. The normalized spacial score (nSPS) is 20.2. The van der Waals surface area contributed by atoms with Gasteiger partial charge in [0.1, 0.15) is 5.82 Å². The van der Waals surface area contributed by atoms with Gasteiger partial charge in [0, 0.05) is 19.5 Å². The van der Waals surface area contributed by atoms with Crippen LogP contribution in [0.25, 0.3) is 0 Å². The van der Waals surface area contributed by atoms with E-state index in [9.17, 15) is 4.39 Å². The molecule has 2 atom stereocenters. The minimum atomic E-state index is -0.231. The van der Waals surface area contributed by atoms with E-state index in [2.05, 4.69) is 28.9 Å². The molecule has 3 rings (SSSR count). The van der Waals surface area contributed by atoms with Gasteiger partial charge in [0.15, 0.2) is 5.82 Å². The van der Waals surface area contributed by atoms with Crippen LogP contribution in [0.2, 0.25) is 0 Å². The number of hydrogen-bond donors (Lipinski definition) is 0. The van der Waals surface area contributed by atoms with E-state index in [4.69, 9.17) is 9.26 Å². The summed E-state index contributed by atoms with van der Waals surface area (Å²) in [4.78, 5) is 6.79. The Morgan fingerprint density at radius 2 is 2.12 bits per heavy atom. The molecule has 0 amide bonds. The lowest BCUT2D eigenvalue weighted by Crippen LogP contribution is -2.40. The molecule has 2 heterocycles. The molecule has 0 N–H and O–H groups in total. The molecule has 6 heteroatoms. The molecule has 0 bridgehead atoms. The highest BCUT2D eigenvalue weighted by Gasteiger charge is 2.28. The first kappa shape index (κ1) is 17.0. The lowest BCUT2D eigenvalue weighted by molar-refractivity contribution is -0.0469. The fraction of sp³-hybridized carbons (Fsp3) is 0.556. The minimum absolute atomic E-state index is 0.0414. The number of nitrogens with zero attached hydrogens (tertiary/aromatic N) is 3. The van der Waals surface area contributed by atoms with Crippen molar-refractivity contribution in [1.29, 1.82) is 0 Å². The largest absolute Gasteiger partial charge is 0.371 e. The van der Waals surface area contributed by atoms with Crippen LogP contribution in [0.1, 0.15) is 56.1 Å². The van der Waals surface area contributed by atoms with Crippen LogP contribution in [-0.2, 0) is 11.2 Å². The lowest BCUT2D eigenvalue weighted by Gasteiger charge is -2.35. The molecule has 1 saturated heterocycles. The molecule has 1 aromatic carbocycles. The number of halogens is 1. The van der Waals surface area contributed by atoms with Gasteiger partial charge in [-0.25, -0.2) is 4.39 Å². The number of hydrogen-bond acceptors (Lipinski definition) is 5. The Morgan fingerprint density at radius 3 is 2.88 bits per heavy atom. The zero-order valence-corrected chi connectivity index (χ0v) is 14.2. The van der Waals surface area contributed by atoms with Crippen LogP contribution < -0.4 is 0 Å². The second kappa shape index (κ2) is 7.85. The van der Waals surface area contributed by atoms with Crippen LogP contribution in [0.3, 0.4) is 0 Å². The Bertz CT molecular complexity index is 644. The average molecular weight is 333 g/mol. The lowest BCUT2D eigenvalue weighted by atomic mass is 10.1. The smallest absolute Gasteiger partial charge is 0.243 e. The summed E-state index contributed by atoms with van der Waals surface area (Å²) in [5.74, 6) is 1.20. The van der Waals surface area contributed by atoms with Crippen LogP contribution in [-0.4, -0.2) is 34.7 Å². The van der Waals surface area contributed by atoms with Crippen LogP contribution in [0, 0.1) is 5.82 Å². The zero-order chi connectivity index (χ0) is 16.9. The molecule has 5 nitrogen and oxygen atoms in total. The molecule has 1 fully saturated rings. The first-order valence-corrected chi connectivity index (χ1v) is 8.61. The van der Waals surface area contributed by atoms with Gasteiger partial charge >= 0.3 is 0 Å². The summed E-state index contributed by atoms with van der Waals surface area (Å²) >= 11 is 0. The van der Waals surface area contributed by atoms with E-state index in [0.717, 1.165) is 43.7 Å². The van der Waals surface area contributed by atoms with Gasteiger partial charge in [-0.3, -0.25) is 4.90 Å². The van der Waals surface area contributed by atoms with Gasteiger partial charge in [-0.05, 0) is 31.0 Å². The summed E-state index contributed by atoms with van der Waals surface area (Å²) in [6.45, 7) is 6.38. The SMILES string of the molecule is CCCCc1noc([C@H](C)N2CCO[C@@H](c3ccc(F)cc3)C2)n1. The molecular formula is C18H24FN3O2. The average Bonchev–Trinajstić information content (AvgIpc) is 3.09. The van der Waals surface area contributed by atoms with Crippen LogP contribution in [0.5, 0.6) is 0 Å². The molecule has 0 radical (unpaired) electrons. The Kier molecular flexibility index (Phi) is 5.58. The second-order valence-corrected chi connectivity index (χ2v) is 6.23. The van der Waals surface area contributed by atoms with Gasteiger partial charge in [0.05, 0.1) is 18.8 Å². The molecule has 1 aromatic heterocycles. The number of morpholine rings is 1. The topological polar surface area (TPSA) is 51.4 Å². The van der Waals surface area contributed by atoms with Gasteiger partial charge in [0.2, 0.25) is 5.89 Å². The Morgan fingerprint density at radius 1 is 1.33 bits per heavy atom. The summed E-state index contributed by atoms with van der Waals surface area (Å²) in [7, 11) is 0. The van der Waals surface area contributed by atoms with E-state index in [1.807, 2.05) is 0 Å². The summed E-state index contributed by atoms with van der Waals surface area (Å²) in [6.07, 6.45) is 2.97. The van der Waals surface area contributed by atoms with Gasteiger partial charge in [-0.2, -0.15) is 4.98 Å². The van der Waals surface area contributed by atoms with E-state index >= 15 is 0 Å². The van der Waals surface area contributed by atoms with Crippen molar-refractivity contribution in [2.75, 3.05) is 19.7 Å². The third-order valence-electron chi connectivity index (χ3n) is 4.48. The molecule has 1 aliphatic rings. The quantitative estimate of drug-likeness (QED) is 0.807. The predicted molar refractivity (Wildman–Crippen MR) is 88.0 cm³/mol. The van der Waals surface area contributed by atoms with Gasteiger partial charge in [0.25, 0.3) is 0 Å². The predicted octanol–water partition coefficient (Wildman–Crippen LogP) is 3.69. The van der Waals surface area contributed by atoms with Crippen LogP contribution in [0.15, 0.2) is 28.8 Å². The maximum atomic E-state index is 13.1. The maximum absolute atomic E-state index is 13.1. The number of unbranched alkanes of at least 4 members (excludes halogenated alkanes) is 1. The molecular weight excluding hydrogens is 309 g/mol. The number of rotatable bonds is 6. The van der Waals surface area contributed by atoms with Crippen molar-refractivity contribution in [2.24, 2.45) is 0 Å². The summed E-state index contributed by atoms with van der Waals surface area (Å²) in [5, 5.41) is 4.07. The minimum Gasteiger partial charge on any atom is -0.371 e. The van der Waals surface area contributed by atoms with E-state index < -0.39 is 0 Å². The standard InChI is InChI=1S/C18H24FN3O2/c1-3-4-5-17-20-18(24-21-17)13(2)22-10-11-23-16(12-22)14-6-8-15(19)9-7-14/h6-9,13,16H,3-5,10-12H2,1-2H3/t13-,16+/m0/s1. The highest BCUT2D eigenvalue weighted by Crippen LogP contribution is 2.28. The monoisotopic (exact) mass is 333 g/mol.